The van der Waals surface area contributed by atoms with Gasteiger partial charge in [-0.05, 0) is 18.2 Å². The number of hydrogen-bond acceptors (Lipinski definition) is 5. The first kappa shape index (κ1) is 15.9. The van der Waals surface area contributed by atoms with Gasteiger partial charge in [-0.2, -0.15) is 0 Å². The minimum atomic E-state index is -0.416. The fourth-order valence-electron chi connectivity index (χ4n) is 3.15. The number of anilines is 1. The molecule has 1 aliphatic carbocycles. The Bertz CT molecular complexity index is 1040. The summed E-state index contributed by atoms with van der Waals surface area (Å²) in [4.78, 5) is 25.6. The minimum Gasteiger partial charge on any atom is -0.507 e. The van der Waals surface area contributed by atoms with Crippen LogP contribution in [0.4, 0.5) is 5.69 Å². The molecule has 128 valence electrons. The van der Waals surface area contributed by atoms with E-state index in [4.69, 9.17) is 10.5 Å². The number of ether oxygens (including phenoxy) is 1. The van der Waals surface area contributed by atoms with E-state index in [1.165, 1.54) is 6.07 Å². The molecule has 0 bridgehead atoms. The van der Waals surface area contributed by atoms with Crippen LogP contribution in [0.2, 0.25) is 0 Å². The molecule has 1 aliphatic rings. The number of nitrogens with two attached hydrogens (primary N) is 1. The Morgan fingerprint density at radius 1 is 0.846 bits per heavy atom. The zero-order valence-electron chi connectivity index (χ0n) is 13.7. The van der Waals surface area contributed by atoms with Crippen molar-refractivity contribution in [3.8, 4) is 11.5 Å². The number of benzene rings is 3. The largest absolute Gasteiger partial charge is 0.507 e. The molecule has 3 aromatic carbocycles. The van der Waals surface area contributed by atoms with Crippen molar-refractivity contribution in [2.24, 2.45) is 0 Å². The molecule has 5 nitrogen and oxygen atoms in total. The number of carbonyl (C=O) groups is 2. The Hall–Kier alpha value is -3.60. The number of fused-ring (bicyclic) bond motifs is 2. The molecular weight excluding hydrogens is 330 g/mol. The van der Waals surface area contributed by atoms with Gasteiger partial charge in [0.25, 0.3) is 0 Å². The molecule has 0 unspecified atom stereocenters. The van der Waals surface area contributed by atoms with Gasteiger partial charge in [-0.25, -0.2) is 0 Å². The Morgan fingerprint density at radius 2 is 1.42 bits per heavy atom. The van der Waals surface area contributed by atoms with E-state index in [1.54, 1.807) is 36.4 Å². The summed E-state index contributed by atoms with van der Waals surface area (Å²) in [7, 11) is 0. The summed E-state index contributed by atoms with van der Waals surface area (Å²) in [5.74, 6) is -0.423. The van der Waals surface area contributed by atoms with Gasteiger partial charge in [-0.1, -0.05) is 42.5 Å². The molecule has 0 atom stereocenters. The molecule has 0 aromatic heterocycles. The summed E-state index contributed by atoms with van der Waals surface area (Å²) >= 11 is 0. The average molecular weight is 345 g/mol. The summed E-state index contributed by atoms with van der Waals surface area (Å²) in [5.41, 5.74) is 7.11. The number of ketones is 2. The van der Waals surface area contributed by atoms with Crippen LogP contribution in [0.1, 0.15) is 37.4 Å². The van der Waals surface area contributed by atoms with Crippen molar-refractivity contribution in [2.75, 3.05) is 5.73 Å². The monoisotopic (exact) mass is 345 g/mol. The number of aromatic hydroxyl groups is 1. The normalized spacial score (nSPS) is 12.5. The zero-order valence-corrected chi connectivity index (χ0v) is 13.7. The van der Waals surface area contributed by atoms with Gasteiger partial charge in [-0.15, -0.1) is 0 Å². The number of para-hydroxylation sites is 1. The number of rotatable bonds is 3. The van der Waals surface area contributed by atoms with Crippen LogP contribution in [0.25, 0.3) is 0 Å². The molecule has 0 spiro atoms. The lowest BCUT2D eigenvalue weighted by molar-refractivity contribution is 0.0977. The third-order valence-electron chi connectivity index (χ3n) is 4.42. The van der Waals surface area contributed by atoms with Crippen LogP contribution >= 0.6 is 0 Å². The molecule has 3 aromatic rings. The van der Waals surface area contributed by atoms with Gasteiger partial charge >= 0.3 is 0 Å². The first-order valence-corrected chi connectivity index (χ1v) is 8.08. The molecule has 0 aliphatic heterocycles. The summed E-state index contributed by atoms with van der Waals surface area (Å²) in [6.07, 6.45) is 0. The van der Waals surface area contributed by atoms with Crippen molar-refractivity contribution < 1.29 is 19.4 Å². The highest BCUT2D eigenvalue weighted by Crippen LogP contribution is 2.38. The molecule has 5 heteroatoms. The molecular formula is C21H15NO4. The minimum absolute atomic E-state index is 0.0242. The Balaban J connectivity index is 1.78. The molecule has 4 rings (SSSR count). The van der Waals surface area contributed by atoms with Gasteiger partial charge in [-0.3, -0.25) is 9.59 Å². The molecule has 0 heterocycles. The Morgan fingerprint density at radius 3 is 2.08 bits per heavy atom. The zero-order chi connectivity index (χ0) is 18.3. The van der Waals surface area contributed by atoms with Crippen LogP contribution in [0, 0.1) is 0 Å². The van der Waals surface area contributed by atoms with E-state index in [0.29, 0.717) is 16.9 Å². The number of hydrogen-bond donors (Lipinski definition) is 2. The van der Waals surface area contributed by atoms with Gasteiger partial charge in [0, 0.05) is 22.4 Å². The third-order valence-corrected chi connectivity index (χ3v) is 4.42. The van der Waals surface area contributed by atoms with Crippen molar-refractivity contribution in [1.82, 2.24) is 0 Å². The average Bonchev–Trinajstić information content (AvgIpc) is 2.67. The van der Waals surface area contributed by atoms with Crippen LogP contribution in [-0.2, 0) is 6.61 Å². The highest BCUT2D eigenvalue weighted by molar-refractivity contribution is 6.31. The van der Waals surface area contributed by atoms with Crippen LogP contribution in [0.5, 0.6) is 11.5 Å². The summed E-state index contributed by atoms with van der Waals surface area (Å²) in [6.45, 7) is 0.0242. The van der Waals surface area contributed by atoms with Crippen molar-refractivity contribution in [3.05, 3.63) is 88.5 Å². The topological polar surface area (TPSA) is 89.6 Å². The van der Waals surface area contributed by atoms with E-state index in [0.717, 1.165) is 0 Å². The van der Waals surface area contributed by atoms with Crippen LogP contribution < -0.4 is 10.5 Å². The first-order chi connectivity index (χ1) is 12.6. The van der Waals surface area contributed by atoms with Gasteiger partial charge < -0.3 is 15.6 Å². The smallest absolute Gasteiger partial charge is 0.198 e. The second-order valence-corrected chi connectivity index (χ2v) is 6.03. The van der Waals surface area contributed by atoms with Crippen molar-refractivity contribution in [2.45, 2.75) is 6.61 Å². The quantitative estimate of drug-likeness (QED) is 0.439. The summed E-state index contributed by atoms with van der Waals surface area (Å²) in [5, 5.41) is 10.6. The molecule has 26 heavy (non-hydrogen) atoms. The maximum Gasteiger partial charge on any atom is 0.198 e. The highest BCUT2D eigenvalue weighted by Gasteiger charge is 2.34. The molecule has 0 saturated carbocycles. The number of nitrogen functional groups attached to an aromatic ring is 1. The maximum atomic E-state index is 12.8. The third kappa shape index (κ3) is 2.41. The van der Waals surface area contributed by atoms with Gasteiger partial charge in [0.2, 0.25) is 0 Å². The molecule has 0 radical (unpaired) electrons. The van der Waals surface area contributed by atoms with Crippen molar-refractivity contribution >= 4 is 17.3 Å². The first-order valence-electron chi connectivity index (χ1n) is 8.08. The maximum absolute atomic E-state index is 12.8. The lowest BCUT2D eigenvalue weighted by Gasteiger charge is -2.21. The second kappa shape index (κ2) is 6.04. The van der Waals surface area contributed by atoms with E-state index in [1.807, 2.05) is 18.2 Å². The Kier molecular flexibility index (Phi) is 3.69. The number of phenolic OH excluding ortho intramolecular Hbond substituents is 1. The van der Waals surface area contributed by atoms with Crippen LogP contribution in [0.3, 0.4) is 0 Å². The van der Waals surface area contributed by atoms with Gasteiger partial charge in [0.1, 0.15) is 18.1 Å². The summed E-state index contributed by atoms with van der Waals surface area (Å²) in [6, 6.07) is 17.1. The van der Waals surface area contributed by atoms with Crippen LogP contribution in [0.15, 0.2) is 60.7 Å². The number of carbonyl (C=O) groups excluding carboxylic acids is 2. The molecule has 3 N–H and O–H groups in total. The lowest BCUT2D eigenvalue weighted by atomic mass is 9.82. The van der Waals surface area contributed by atoms with Gasteiger partial charge in [0.15, 0.2) is 11.6 Å². The molecule has 0 saturated heterocycles. The Labute approximate surface area is 149 Å². The predicted molar refractivity (Wildman–Crippen MR) is 96.6 cm³/mol. The molecule has 0 fully saturated rings. The van der Waals surface area contributed by atoms with E-state index < -0.39 is 5.78 Å². The van der Waals surface area contributed by atoms with E-state index >= 15 is 0 Å². The fourth-order valence-corrected chi connectivity index (χ4v) is 3.15. The summed E-state index contributed by atoms with van der Waals surface area (Å²) < 4.78 is 5.64. The second-order valence-electron chi connectivity index (χ2n) is 6.03. The van der Waals surface area contributed by atoms with E-state index in [9.17, 15) is 14.7 Å². The fraction of sp³-hybridized carbons (Fsp3) is 0.0476. The van der Waals surface area contributed by atoms with E-state index in [2.05, 4.69) is 0 Å². The number of phenols is 1. The standard InChI is InChI=1S/C21H15NO4/c22-16-10-12(11-26-13-6-2-1-3-7-13)19(23)18-17(16)20(24)14-8-4-5-9-15(14)21(18)25/h1-10,23H,11,22H2. The predicted octanol–water partition coefficient (Wildman–Crippen LogP) is 3.33. The SMILES string of the molecule is Nc1cc(COc2ccccc2)c(O)c2c1C(=O)c1ccccc1C2=O. The van der Waals surface area contributed by atoms with E-state index in [-0.39, 0.29) is 40.5 Å². The van der Waals surface area contributed by atoms with Gasteiger partial charge in [0.05, 0.1) is 11.1 Å². The van der Waals surface area contributed by atoms with Crippen molar-refractivity contribution in [1.29, 1.82) is 0 Å². The molecule has 0 amide bonds. The van der Waals surface area contributed by atoms with Crippen LogP contribution in [-0.4, -0.2) is 16.7 Å². The lowest BCUT2D eigenvalue weighted by Crippen LogP contribution is -2.23. The highest BCUT2D eigenvalue weighted by atomic mass is 16.5. The van der Waals surface area contributed by atoms with Crippen molar-refractivity contribution in [3.63, 3.8) is 0 Å².